The first-order valence-electron chi connectivity index (χ1n) is 3.45. The van der Waals surface area contributed by atoms with Crippen molar-refractivity contribution in [1.29, 1.82) is 0 Å². The molecule has 12 heavy (non-hydrogen) atoms. The van der Waals surface area contributed by atoms with E-state index in [1.54, 1.807) is 6.07 Å². The van der Waals surface area contributed by atoms with E-state index in [2.05, 4.69) is 16.1 Å². The Morgan fingerprint density at radius 3 is 2.92 bits per heavy atom. The monoisotopic (exact) mass is 245 g/mol. The molecule has 0 bridgehead atoms. The summed E-state index contributed by atoms with van der Waals surface area (Å²) < 4.78 is 1.48. The van der Waals surface area contributed by atoms with Gasteiger partial charge >= 0.3 is 0 Å². The highest BCUT2D eigenvalue weighted by Crippen LogP contribution is 2.30. The van der Waals surface area contributed by atoms with Crippen LogP contribution in [-0.4, -0.2) is 9.83 Å². The summed E-state index contributed by atoms with van der Waals surface area (Å²) in [6.07, 6.45) is 0. The number of carbonyl (C=O) groups excluding carboxylic acids is 1. The van der Waals surface area contributed by atoms with E-state index in [1.807, 2.05) is 12.1 Å². The normalized spacial score (nSPS) is 15.2. The van der Waals surface area contributed by atoms with Gasteiger partial charge in [0, 0.05) is 0 Å². The van der Waals surface area contributed by atoms with Crippen molar-refractivity contribution in [2.75, 3.05) is 0 Å². The van der Waals surface area contributed by atoms with Gasteiger partial charge in [-0.15, -0.1) is 0 Å². The van der Waals surface area contributed by atoms with Crippen LogP contribution in [0.1, 0.15) is 15.9 Å². The lowest BCUT2D eigenvalue weighted by molar-refractivity contribution is 0.0896. The first-order chi connectivity index (χ1) is 5.70. The Labute approximate surface area is 83.5 Å². The second-order valence-electron chi connectivity index (χ2n) is 2.60. The van der Waals surface area contributed by atoms with Crippen LogP contribution in [0.15, 0.2) is 18.2 Å². The molecule has 1 aliphatic heterocycles. The van der Waals surface area contributed by atoms with Gasteiger partial charge in [-0.25, -0.2) is 0 Å². The first-order valence-corrected chi connectivity index (χ1v) is 4.54. The van der Waals surface area contributed by atoms with Gasteiger partial charge in [0.25, 0.3) is 5.91 Å². The standard InChI is InChI=1S/C8H5BrClNO/c9-11-4-5-2-1-3-6(10)7(5)8(11)12/h1-3H,4H2. The van der Waals surface area contributed by atoms with Crippen molar-refractivity contribution >= 4 is 33.7 Å². The molecule has 0 spiro atoms. The molecule has 1 aromatic rings. The minimum Gasteiger partial charge on any atom is -0.270 e. The fourth-order valence-corrected chi connectivity index (χ4v) is 2.01. The number of hydrogen-bond donors (Lipinski definition) is 0. The molecule has 0 unspecified atom stereocenters. The lowest BCUT2D eigenvalue weighted by Gasteiger charge is -2.01. The summed E-state index contributed by atoms with van der Waals surface area (Å²) in [7, 11) is 0. The molecule has 0 fully saturated rings. The van der Waals surface area contributed by atoms with Gasteiger partial charge in [-0.1, -0.05) is 23.7 Å². The lowest BCUT2D eigenvalue weighted by atomic mass is 10.1. The lowest BCUT2D eigenvalue weighted by Crippen LogP contribution is -2.10. The smallest absolute Gasteiger partial charge is 0.265 e. The summed E-state index contributed by atoms with van der Waals surface area (Å²) in [4.78, 5) is 11.4. The summed E-state index contributed by atoms with van der Waals surface area (Å²) in [6.45, 7) is 0.592. The van der Waals surface area contributed by atoms with Crippen LogP contribution in [-0.2, 0) is 6.54 Å². The first kappa shape index (κ1) is 8.08. The number of benzene rings is 1. The zero-order valence-corrected chi connectivity index (χ0v) is 8.39. The van der Waals surface area contributed by atoms with Gasteiger partial charge in [-0.3, -0.25) is 8.72 Å². The average molecular weight is 246 g/mol. The Kier molecular flexibility index (Phi) is 1.85. The molecule has 0 N–H and O–H groups in total. The van der Waals surface area contributed by atoms with Gasteiger partial charge in [0.15, 0.2) is 0 Å². The van der Waals surface area contributed by atoms with Crippen LogP contribution >= 0.6 is 27.7 Å². The van der Waals surface area contributed by atoms with Crippen molar-refractivity contribution in [2.45, 2.75) is 6.54 Å². The van der Waals surface area contributed by atoms with Crippen LogP contribution in [0.4, 0.5) is 0 Å². The molecule has 0 aliphatic carbocycles. The van der Waals surface area contributed by atoms with Gasteiger partial charge in [-0.2, -0.15) is 0 Å². The number of rotatable bonds is 0. The predicted molar refractivity (Wildman–Crippen MR) is 50.3 cm³/mol. The van der Waals surface area contributed by atoms with E-state index >= 15 is 0 Å². The van der Waals surface area contributed by atoms with Gasteiger partial charge in [0.1, 0.15) is 0 Å². The van der Waals surface area contributed by atoms with Crippen molar-refractivity contribution in [3.05, 3.63) is 34.3 Å². The highest BCUT2D eigenvalue weighted by atomic mass is 79.9. The average Bonchev–Trinajstić information content (AvgIpc) is 2.29. The topological polar surface area (TPSA) is 20.3 Å². The number of halogens is 2. The second kappa shape index (κ2) is 2.75. The third-order valence-corrected chi connectivity index (χ3v) is 2.73. The molecule has 0 saturated carbocycles. The molecule has 2 nitrogen and oxygen atoms in total. The van der Waals surface area contributed by atoms with Crippen LogP contribution in [0.5, 0.6) is 0 Å². The highest BCUT2D eigenvalue weighted by molar-refractivity contribution is 9.07. The number of hydrogen-bond acceptors (Lipinski definition) is 1. The summed E-state index contributed by atoms with van der Waals surface area (Å²) >= 11 is 9.01. The Morgan fingerprint density at radius 1 is 1.50 bits per heavy atom. The van der Waals surface area contributed by atoms with Crippen molar-refractivity contribution in [1.82, 2.24) is 3.93 Å². The summed E-state index contributed by atoms with van der Waals surface area (Å²) in [5.41, 5.74) is 1.60. The van der Waals surface area contributed by atoms with Gasteiger partial charge in [0.05, 0.1) is 33.3 Å². The summed E-state index contributed by atoms with van der Waals surface area (Å²) in [5, 5.41) is 0.527. The molecule has 0 atom stereocenters. The van der Waals surface area contributed by atoms with Gasteiger partial charge in [-0.05, 0) is 11.6 Å². The highest BCUT2D eigenvalue weighted by Gasteiger charge is 2.27. The predicted octanol–water partition coefficient (Wildman–Crippen LogP) is 2.61. The fraction of sp³-hybridized carbons (Fsp3) is 0.125. The number of fused-ring (bicyclic) bond motifs is 1. The van der Waals surface area contributed by atoms with E-state index < -0.39 is 0 Å². The Hall–Kier alpha value is -0.540. The van der Waals surface area contributed by atoms with Crippen LogP contribution in [0, 0.1) is 0 Å². The third kappa shape index (κ3) is 1.04. The van der Waals surface area contributed by atoms with Crippen LogP contribution in [0.2, 0.25) is 5.02 Å². The third-order valence-electron chi connectivity index (χ3n) is 1.84. The zero-order valence-electron chi connectivity index (χ0n) is 6.05. The van der Waals surface area contributed by atoms with E-state index in [4.69, 9.17) is 11.6 Å². The molecular weight excluding hydrogens is 241 g/mol. The number of carbonyl (C=O) groups is 1. The molecule has 0 saturated heterocycles. The van der Waals surface area contributed by atoms with E-state index in [9.17, 15) is 4.79 Å². The Balaban J connectivity index is 2.62. The minimum absolute atomic E-state index is 0.0596. The molecular formula is C8H5BrClNO. The van der Waals surface area contributed by atoms with Crippen molar-refractivity contribution < 1.29 is 4.79 Å². The van der Waals surface area contributed by atoms with Crippen LogP contribution in [0.25, 0.3) is 0 Å². The summed E-state index contributed by atoms with van der Waals surface area (Å²) in [5.74, 6) is -0.0596. The Bertz CT molecular complexity index is 353. The number of amides is 1. The molecule has 2 rings (SSSR count). The molecule has 1 aliphatic rings. The Morgan fingerprint density at radius 2 is 2.25 bits per heavy atom. The van der Waals surface area contributed by atoms with Crippen molar-refractivity contribution in [2.24, 2.45) is 0 Å². The maximum Gasteiger partial charge on any atom is 0.265 e. The number of nitrogens with zero attached hydrogens (tertiary/aromatic N) is 1. The van der Waals surface area contributed by atoms with Crippen LogP contribution in [0.3, 0.4) is 0 Å². The molecule has 0 radical (unpaired) electrons. The zero-order chi connectivity index (χ0) is 8.72. The minimum atomic E-state index is -0.0596. The quantitative estimate of drug-likeness (QED) is 0.644. The maximum absolute atomic E-state index is 11.4. The fourth-order valence-electron chi connectivity index (χ4n) is 1.28. The molecule has 1 aromatic carbocycles. The van der Waals surface area contributed by atoms with E-state index in [0.717, 1.165) is 5.56 Å². The van der Waals surface area contributed by atoms with E-state index in [1.165, 1.54) is 3.93 Å². The second-order valence-corrected chi connectivity index (χ2v) is 3.86. The molecule has 1 heterocycles. The maximum atomic E-state index is 11.4. The largest absolute Gasteiger partial charge is 0.270 e. The molecule has 0 aromatic heterocycles. The van der Waals surface area contributed by atoms with Gasteiger partial charge in [0.2, 0.25) is 0 Å². The molecule has 62 valence electrons. The van der Waals surface area contributed by atoms with Crippen molar-refractivity contribution in [3.63, 3.8) is 0 Å². The molecule has 4 heteroatoms. The van der Waals surface area contributed by atoms with Gasteiger partial charge < -0.3 is 0 Å². The summed E-state index contributed by atoms with van der Waals surface area (Å²) in [6, 6.07) is 5.48. The SMILES string of the molecule is O=C1c2c(Cl)cccc2CN1Br. The van der Waals surface area contributed by atoms with E-state index in [-0.39, 0.29) is 5.91 Å². The van der Waals surface area contributed by atoms with Crippen LogP contribution < -0.4 is 0 Å². The van der Waals surface area contributed by atoms with Crippen molar-refractivity contribution in [3.8, 4) is 0 Å². The molecule has 1 amide bonds. The van der Waals surface area contributed by atoms with E-state index in [0.29, 0.717) is 17.1 Å².